The third-order valence-corrected chi connectivity index (χ3v) is 9.60. The molecule has 0 heterocycles. The Hall–Kier alpha value is -0.643. The van der Waals surface area contributed by atoms with Crippen molar-refractivity contribution in [3.63, 3.8) is 0 Å². The van der Waals surface area contributed by atoms with E-state index in [1.54, 1.807) is 0 Å². The first-order valence-corrected chi connectivity index (χ1v) is 12.6. The summed E-state index contributed by atoms with van der Waals surface area (Å²) in [6.45, 7) is 21.9. The molecule has 0 saturated heterocycles. The summed E-state index contributed by atoms with van der Waals surface area (Å²) >= 11 is 0. The highest BCUT2D eigenvalue weighted by molar-refractivity contribution is 6.74. The highest BCUT2D eigenvalue weighted by atomic mass is 28.4. The van der Waals surface area contributed by atoms with E-state index in [4.69, 9.17) is 4.43 Å². The zero-order valence-electron chi connectivity index (χ0n) is 18.0. The molecule has 0 aromatic rings. The summed E-state index contributed by atoms with van der Waals surface area (Å²) in [6.07, 6.45) is 9.27. The van der Waals surface area contributed by atoms with E-state index in [2.05, 4.69) is 67.3 Å². The summed E-state index contributed by atoms with van der Waals surface area (Å²) in [5.41, 5.74) is 3.95. The Morgan fingerprint density at radius 2 is 1.68 bits per heavy atom. The van der Waals surface area contributed by atoms with Crippen LogP contribution in [-0.4, -0.2) is 26.1 Å². The molecule has 0 aliphatic rings. The Morgan fingerprint density at radius 1 is 1.08 bits per heavy atom. The van der Waals surface area contributed by atoms with Crippen LogP contribution in [0.25, 0.3) is 0 Å². The molecule has 0 saturated carbocycles. The number of hydrogen-bond donors (Lipinski definition) is 1. The number of aliphatic hydroxyl groups excluding tert-OH is 1. The Morgan fingerprint density at radius 3 is 2.20 bits per heavy atom. The fourth-order valence-electron chi connectivity index (χ4n) is 2.29. The van der Waals surface area contributed by atoms with Gasteiger partial charge in [-0.3, -0.25) is 0 Å². The van der Waals surface area contributed by atoms with Gasteiger partial charge >= 0.3 is 0 Å². The number of allylic oxidation sites excluding steroid dienone is 4. The van der Waals surface area contributed by atoms with E-state index in [-0.39, 0.29) is 5.04 Å². The van der Waals surface area contributed by atoms with E-state index in [1.165, 1.54) is 23.1 Å². The molecule has 0 aromatic carbocycles. The predicted octanol–water partition coefficient (Wildman–Crippen LogP) is 6.79. The summed E-state index contributed by atoms with van der Waals surface area (Å²) < 4.78 is 6.09. The molecule has 146 valence electrons. The molecule has 1 N–H and O–H groups in total. The average molecular weight is 367 g/mol. The lowest BCUT2D eigenvalue weighted by Gasteiger charge is -2.36. The van der Waals surface area contributed by atoms with E-state index < -0.39 is 14.4 Å². The molecule has 0 bridgehead atoms. The Balaban J connectivity index is 4.24. The van der Waals surface area contributed by atoms with E-state index in [0.29, 0.717) is 6.61 Å². The van der Waals surface area contributed by atoms with Crippen molar-refractivity contribution >= 4 is 8.32 Å². The van der Waals surface area contributed by atoms with Crippen LogP contribution < -0.4 is 0 Å². The minimum absolute atomic E-state index is 0.179. The number of rotatable bonds is 11. The lowest BCUT2D eigenvalue weighted by atomic mass is 10.0. The first-order valence-electron chi connectivity index (χ1n) is 9.64. The van der Waals surface area contributed by atoms with Crippen LogP contribution in [0.3, 0.4) is 0 Å². The summed E-state index contributed by atoms with van der Waals surface area (Å²) in [5.74, 6) is 0. The molecule has 1 unspecified atom stereocenters. The lowest BCUT2D eigenvalue weighted by Crippen LogP contribution is -2.42. The topological polar surface area (TPSA) is 29.5 Å². The first-order chi connectivity index (χ1) is 11.3. The summed E-state index contributed by atoms with van der Waals surface area (Å²) in [6, 6.07) is 0. The van der Waals surface area contributed by atoms with Crippen molar-refractivity contribution < 1.29 is 9.53 Å². The summed E-state index contributed by atoms with van der Waals surface area (Å²) in [7, 11) is -1.79. The molecule has 0 fully saturated rings. The van der Waals surface area contributed by atoms with Gasteiger partial charge in [0, 0.05) is 0 Å². The molecular formula is C22H42O2Si. The van der Waals surface area contributed by atoms with Gasteiger partial charge in [0.05, 0.1) is 12.7 Å². The molecular weight excluding hydrogens is 324 g/mol. The van der Waals surface area contributed by atoms with Crippen molar-refractivity contribution in [3.05, 3.63) is 35.5 Å². The van der Waals surface area contributed by atoms with E-state index in [9.17, 15) is 5.11 Å². The first kappa shape index (κ1) is 24.4. The monoisotopic (exact) mass is 366 g/mol. The van der Waals surface area contributed by atoms with Crippen molar-refractivity contribution in [2.45, 2.75) is 97.9 Å². The predicted molar refractivity (Wildman–Crippen MR) is 115 cm³/mol. The molecule has 0 radical (unpaired) electrons. The van der Waals surface area contributed by atoms with Gasteiger partial charge in [0.2, 0.25) is 0 Å². The van der Waals surface area contributed by atoms with Crippen molar-refractivity contribution in [1.82, 2.24) is 0 Å². The SMILES string of the molecule is C=C(C)CCCC(C)=CCCC(C)=CC(O)CO[Si](C)(C)C(C)(C)C. The van der Waals surface area contributed by atoms with Gasteiger partial charge in [0.1, 0.15) is 0 Å². The standard InChI is InChI=1S/C22H42O2Si/c1-18(2)12-10-13-19(3)14-11-15-20(4)16-21(23)17-24-25(8,9)22(5,6)7/h14,16,21,23H,1,10-13,15,17H2,2-9H3. The average Bonchev–Trinajstić information content (AvgIpc) is 2.43. The van der Waals surface area contributed by atoms with Gasteiger partial charge in [-0.2, -0.15) is 0 Å². The van der Waals surface area contributed by atoms with Gasteiger partial charge in [0.15, 0.2) is 8.32 Å². The molecule has 0 aliphatic heterocycles. The molecule has 1 atom stereocenters. The maximum Gasteiger partial charge on any atom is 0.192 e. The van der Waals surface area contributed by atoms with Gasteiger partial charge in [-0.15, -0.1) is 6.58 Å². The minimum atomic E-state index is -1.79. The molecule has 0 spiro atoms. The van der Waals surface area contributed by atoms with Crippen LogP contribution in [0, 0.1) is 0 Å². The highest BCUT2D eigenvalue weighted by Crippen LogP contribution is 2.36. The molecule has 0 amide bonds. The van der Waals surface area contributed by atoms with Crippen LogP contribution >= 0.6 is 0 Å². The smallest absolute Gasteiger partial charge is 0.192 e. The third-order valence-electron chi connectivity index (χ3n) is 5.10. The highest BCUT2D eigenvalue weighted by Gasteiger charge is 2.37. The van der Waals surface area contributed by atoms with E-state index in [0.717, 1.165) is 25.7 Å². The van der Waals surface area contributed by atoms with Gasteiger partial charge in [-0.05, 0) is 71.0 Å². The van der Waals surface area contributed by atoms with Crippen LogP contribution in [0.15, 0.2) is 35.5 Å². The van der Waals surface area contributed by atoms with Crippen LogP contribution in [0.1, 0.15) is 73.6 Å². The molecule has 2 nitrogen and oxygen atoms in total. The van der Waals surface area contributed by atoms with E-state index >= 15 is 0 Å². The largest absolute Gasteiger partial charge is 0.414 e. The Kier molecular flexibility index (Phi) is 10.9. The summed E-state index contributed by atoms with van der Waals surface area (Å²) in [4.78, 5) is 0. The quantitative estimate of drug-likeness (QED) is 0.322. The van der Waals surface area contributed by atoms with Crippen LogP contribution in [0.4, 0.5) is 0 Å². The number of aliphatic hydroxyl groups is 1. The van der Waals surface area contributed by atoms with Crippen LogP contribution in [-0.2, 0) is 4.43 Å². The van der Waals surface area contributed by atoms with Crippen molar-refractivity contribution in [3.8, 4) is 0 Å². The van der Waals surface area contributed by atoms with Crippen molar-refractivity contribution in [1.29, 1.82) is 0 Å². The maximum absolute atomic E-state index is 10.2. The maximum atomic E-state index is 10.2. The zero-order chi connectivity index (χ0) is 19.7. The second kappa shape index (κ2) is 11.2. The van der Waals surface area contributed by atoms with Gasteiger partial charge < -0.3 is 9.53 Å². The summed E-state index contributed by atoms with van der Waals surface area (Å²) in [5, 5.41) is 10.4. The van der Waals surface area contributed by atoms with Crippen molar-refractivity contribution in [2.24, 2.45) is 0 Å². The Bertz CT molecular complexity index is 467. The molecule has 0 aromatic heterocycles. The number of hydrogen-bond acceptors (Lipinski definition) is 2. The van der Waals surface area contributed by atoms with Crippen LogP contribution in [0.2, 0.25) is 18.1 Å². The fourth-order valence-corrected chi connectivity index (χ4v) is 3.31. The van der Waals surface area contributed by atoms with Crippen molar-refractivity contribution in [2.75, 3.05) is 6.61 Å². The second-order valence-corrected chi connectivity index (χ2v) is 13.9. The van der Waals surface area contributed by atoms with E-state index in [1.807, 2.05) is 6.08 Å². The third kappa shape index (κ3) is 11.6. The molecule has 25 heavy (non-hydrogen) atoms. The molecule has 3 heteroatoms. The van der Waals surface area contributed by atoms with Gasteiger partial charge in [0.25, 0.3) is 0 Å². The molecule has 0 rings (SSSR count). The van der Waals surface area contributed by atoms with Gasteiger partial charge in [-0.25, -0.2) is 0 Å². The zero-order valence-corrected chi connectivity index (χ0v) is 19.0. The van der Waals surface area contributed by atoms with Gasteiger partial charge in [-0.1, -0.05) is 49.6 Å². The Labute approximate surface area is 158 Å². The lowest BCUT2D eigenvalue weighted by molar-refractivity contribution is 0.134. The second-order valence-electron chi connectivity index (χ2n) is 9.05. The molecule has 0 aliphatic carbocycles. The normalized spacial score (nSPS) is 15.4. The fraction of sp³-hybridized carbons (Fsp3) is 0.727. The van der Waals surface area contributed by atoms with Crippen LogP contribution in [0.5, 0.6) is 0 Å². The minimum Gasteiger partial charge on any atom is -0.414 e.